The second-order valence-electron chi connectivity index (χ2n) is 4.46. The van der Waals surface area contributed by atoms with Gasteiger partial charge in [-0.1, -0.05) is 24.3 Å². The van der Waals surface area contributed by atoms with E-state index in [0.717, 1.165) is 31.2 Å². The van der Waals surface area contributed by atoms with Gasteiger partial charge in [0.15, 0.2) is 0 Å². The van der Waals surface area contributed by atoms with Crippen LogP contribution in [0.2, 0.25) is 0 Å². The molecule has 0 N–H and O–H groups in total. The highest BCUT2D eigenvalue weighted by molar-refractivity contribution is 5.74. The Bertz CT molecular complexity index is 444. The van der Waals surface area contributed by atoms with Crippen LogP contribution in [0.5, 0.6) is 0 Å². The Morgan fingerprint density at radius 2 is 2.28 bits per heavy atom. The lowest BCUT2D eigenvalue weighted by molar-refractivity contribution is -0.145. The van der Waals surface area contributed by atoms with Crippen LogP contribution in [-0.2, 0) is 20.7 Å². The molecule has 0 fully saturated rings. The normalized spacial score (nSPS) is 17.7. The van der Waals surface area contributed by atoms with Gasteiger partial charge in [-0.3, -0.25) is 9.59 Å². The van der Waals surface area contributed by atoms with E-state index < -0.39 is 0 Å². The largest absolute Gasteiger partial charge is 0.468 e. The zero-order chi connectivity index (χ0) is 13.0. The molecule has 96 valence electrons. The molecule has 0 aliphatic heterocycles. The van der Waals surface area contributed by atoms with Gasteiger partial charge in [-0.05, 0) is 30.4 Å². The van der Waals surface area contributed by atoms with Gasteiger partial charge >= 0.3 is 5.97 Å². The summed E-state index contributed by atoms with van der Waals surface area (Å²) in [5, 5.41) is 0. The van der Waals surface area contributed by atoms with Crippen molar-refractivity contribution >= 4 is 12.4 Å². The summed E-state index contributed by atoms with van der Waals surface area (Å²) in [6.45, 7) is 0.0129. The Hall–Kier alpha value is -1.84. The van der Waals surface area contributed by atoms with Crippen LogP contribution in [0.3, 0.4) is 0 Å². The fourth-order valence-corrected chi connectivity index (χ4v) is 2.51. The summed E-state index contributed by atoms with van der Waals surface area (Å²) in [4.78, 5) is 24.0. The van der Waals surface area contributed by atoms with Crippen LogP contribution in [0, 0.1) is 0 Å². The third kappa shape index (κ3) is 2.53. The molecule has 0 saturated carbocycles. The number of amides is 1. The van der Waals surface area contributed by atoms with Gasteiger partial charge in [-0.2, -0.15) is 0 Å². The predicted molar refractivity (Wildman–Crippen MR) is 66.9 cm³/mol. The summed E-state index contributed by atoms with van der Waals surface area (Å²) in [5.41, 5.74) is 2.42. The molecular formula is C14H17NO3. The number of hydrogen-bond acceptors (Lipinski definition) is 3. The highest BCUT2D eigenvalue weighted by Gasteiger charge is 2.26. The monoisotopic (exact) mass is 247 g/mol. The Labute approximate surface area is 107 Å². The number of rotatable bonds is 4. The number of fused-ring (bicyclic) bond motifs is 1. The number of carbonyl (C=O) groups is 2. The first-order valence-corrected chi connectivity index (χ1v) is 6.12. The molecule has 1 aliphatic rings. The molecule has 1 amide bonds. The number of esters is 1. The molecule has 1 aromatic rings. The lowest BCUT2D eigenvalue weighted by Gasteiger charge is -2.32. The number of hydrogen-bond donors (Lipinski definition) is 0. The van der Waals surface area contributed by atoms with Crippen LogP contribution in [-0.4, -0.2) is 30.9 Å². The average molecular weight is 247 g/mol. The molecule has 1 aromatic carbocycles. The maximum absolute atomic E-state index is 11.3. The van der Waals surface area contributed by atoms with E-state index >= 15 is 0 Å². The Balaban J connectivity index is 2.22. The molecule has 18 heavy (non-hydrogen) atoms. The van der Waals surface area contributed by atoms with Crippen molar-refractivity contribution < 1.29 is 14.3 Å². The number of nitrogens with zero attached hydrogens (tertiary/aromatic N) is 1. The summed E-state index contributed by atoms with van der Waals surface area (Å²) < 4.78 is 4.62. The van der Waals surface area contributed by atoms with Gasteiger partial charge in [-0.15, -0.1) is 0 Å². The number of aryl methyl sites for hydroxylation is 1. The molecule has 0 radical (unpaired) electrons. The Morgan fingerprint density at radius 1 is 1.50 bits per heavy atom. The Kier molecular flexibility index (Phi) is 3.97. The molecule has 0 heterocycles. The first kappa shape index (κ1) is 12.6. The van der Waals surface area contributed by atoms with Crippen molar-refractivity contribution in [3.8, 4) is 0 Å². The molecule has 1 atom stereocenters. The molecule has 0 spiro atoms. The molecule has 0 bridgehead atoms. The van der Waals surface area contributed by atoms with Gasteiger partial charge in [0.05, 0.1) is 13.2 Å². The standard InChI is InChI=1S/C14H17NO3/c1-18-14(17)9-15(10-16)13-8-4-6-11-5-2-3-7-12(11)13/h2-3,5,7,10,13H,4,6,8-9H2,1H3/t13-/m0/s1. The van der Waals surface area contributed by atoms with Gasteiger partial charge in [-0.25, -0.2) is 0 Å². The van der Waals surface area contributed by atoms with Gasteiger partial charge in [0, 0.05) is 0 Å². The number of methoxy groups -OCH3 is 1. The van der Waals surface area contributed by atoms with Crippen molar-refractivity contribution in [2.24, 2.45) is 0 Å². The van der Waals surface area contributed by atoms with E-state index in [1.807, 2.05) is 18.2 Å². The van der Waals surface area contributed by atoms with E-state index in [1.165, 1.54) is 17.6 Å². The number of ether oxygens (including phenoxy) is 1. The summed E-state index contributed by atoms with van der Waals surface area (Å²) in [5.74, 6) is -0.384. The third-order valence-electron chi connectivity index (χ3n) is 3.41. The number of carbonyl (C=O) groups excluding carboxylic acids is 2. The minimum Gasteiger partial charge on any atom is -0.468 e. The van der Waals surface area contributed by atoms with Gasteiger partial charge in [0.1, 0.15) is 6.54 Å². The fraction of sp³-hybridized carbons (Fsp3) is 0.429. The molecule has 4 nitrogen and oxygen atoms in total. The molecular weight excluding hydrogens is 230 g/mol. The zero-order valence-electron chi connectivity index (χ0n) is 10.5. The van der Waals surface area contributed by atoms with Crippen LogP contribution in [0.1, 0.15) is 30.0 Å². The van der Waals surface area contributed by atoms with E-state index in [-0.39, 0.29) is 18.6 Å². The average Bonchev–Trinajstić information content (AvgIpc) is 2.44. The summed E-state index contributed by atoms with van der Waals surface area (Å²) in [7, 11) is 1.33. The smallest absolute Gasteiger partial charge is 0.325 e. The van der Waals surface area contributed by atoms with Crippen molar-refractivity contribution in [1.29, 1.82) is 0 Å². The summed E-state index contributed by atoms with van der Waals surface area (Å²) >= 11 is 0. The minimum absolute atomic E-state index is 0.00782. The first-order valence-electron chi connectivity index (χ1n) is 6.12. The second-order valence-corrected chi connectivity index (χ2v) is 4.46. The van der Waals surface area contributed by atoms with Crippen LogP contribution in [0.4, 0.5) is 0 Å². The molecule has 4 heteroatoms. The van der Waals surface area contributed by atoms with Crippen LogP contribution < -0.4 is 0 Å². The summed E-state index contributed by atoms with van der Waals surface area (Å²) in [6, 6.07) is 8.09. The first-order chi connectivity index (χ1) is 8.76. The molecule has 2 rings (SSSR count). The van der Waals surface area contributed by atoms with E-state index in [9.17, 15) is 9.59 Å². The zero-order valence-corrected chi connectivity index (χ0v) is 10.5. The highest BCUT2D eigenvalue weighted by atomic mass is 16.5. The lowest BCUT2D eigenvalue weighted by Crippen LogP contribution is -2.35. The maximum atomic E-state index is 11.3. The molecule has 0 unspecified atom stereocenters. The molecule has 1 aliphatic carbocycles. The van der Waals surface area contributed by atoms with Crippen molar-refractivity contribution in [3.05, 3.63) is 35.4 Å². The van der Waals surface area contributed by atoms with Gasteiger partial charge in [0.25, 0.3) is 0 Å². The third-order valence-corrected chi connectivity index (χ3v) is 3.41. The summed E-state index contributed by atoms with van der Waals surface area (Å²) in [6.07, 6.45) is 3.71. The van der Waals surface area contributed by atoms with E-state index in [1.54, 1.807) is 0 Å². The lowest BCUT2D eigenvalue weighted by atomic mass is 9.87. The van der Waals surface area contributed by atoms with Gasteiger partial charge in [0.2, 0.25) is 6.41 Å². The predicted octanol–water partition coefficient (Wildman–Crippen LogP) is 1.70. The van der Waals surface area contributed by atoms with Gasteiger partial charge < -0.3 is 9.64 Å². The van der Waals surface area contributed by atoms with Crippen LogP contribution in [0.15, 0.2) is 24.3 Å². The van der Waals surface area contributed by atoms with Crippen LogP contribution in [0.25, 0.3) is 0 Å². The highest BCUT2D eigenvalue weighted by Crippen LogP contribution is 2.33. The van der Waals surface area contributed by atoms with Crippen molar-refractivity contribution in [2.75, 3.05) is 13.7 Å². The van der Waals surface area contributed by atoms with Crippen LogP contribution >= 0.6 is 0 Å². The van der Waals surface area contributed by atoms with E-state index in [4.69, 9.17) is 0 Å². The fourth-order valence-electron chi connectivity index (χ4n) is 2.51. The number of benzene rings is 1. The minimum atomic E-state index is -0.384. The topological polar surface area (TPSA) is 46.6 Å². The molecule has 0 saturated heterocycles. The van der Waals surface area contributed by atoms with Crippen molar-refractivity contribution in [1.82, 2.24) is 4.90 Å². The Morgan fingerprint density at radius 3 is 3.00 bits per heavy atom. The maximum Gasteiger partial charge on any atom is 0.325 e. The van der Waals surface area contributed by atoms with E-state index in [2.05, 4.69) is 10.8 Å². The van der Waals surface area contributed by atoms with Crippen molar-refractivity contribution in [2.45, 2.75) is 25.3 Å². The molecule has 0 aromatic heterocycles. The van der Waals surface area contributed by atoms with E-state index in [0.29, 0.717) is 0 Å². The van der Waals surface area contributed by atoms with Crippen molar-refractivity contribution in [3.63, 3.8) is 0 Å². The second kappa shape index (κ2) is 5.67. The SMILES string of the molecule is COC(=O)CN(C=O)[C@H]1CCCc2ccccc21. The quantitative estimate of drug-likeness (QED) is 0.601.